The Labute approximate surface area is 142 Å². The first-order valence-corrected chi connectivity index (χ1v) is 8.06. The zero-order valence-corrected chi connectivity index (χ0v) is 13.7. The Balaban J connectivity index is 1.68. The molecule has 4 rings (SSSR count). The number of halogens is 1. The minimum absolute atomic E-state index is 0.720. The Kier molecular flexibility index (Phi) is 3.60. The molecule has 0 radical (unpaired) electrons. The number of nitrogens with one attached hydrogen (secondary N) is 1. The third-order valence-electron chi connectivity index (χ3n) is 3.64. The molecule has 4 heteroatoms. The fraction of sp³-hybridized carbons (Fsp3) is 0. The fourth-order valence-corrected chi connectivity index (χ4v) is 2.96. The number of furan rings is 1. The molecule has 2 aromatic carbocycles. The van der Waals surface area contributed by atoms with Crippen LogP contribution in [0.3, 0.4) is 0 Å². The predicted octanol–water partition coefficient (Wildman–Crippen LogP) is 5.77. The van der Waals surface area contributed by atoms with E-state index < -0.39 is 0 Å². The summed E-state index contributed by atoms with van der Waals surface area (Å²) in [6.45, 7) is 0. The second kappa shape index (κ2) is 5.89. The van der Waals surface area contributed by atoms with Gasteiger partial charge >= 0.3 is 0 Å². The van der Waals surface area contributed by atoms with Crippen LogP contribution >= 0.6 is 15.9 Å². The highest BCUT2D eigenvalue weighted by molar-refractivity contribution is 9.10. The molecule has 0 saturated heterocycles. The molecule has 0 amide bonds. The van der Waals surface area contributed by atoms with Gasteiger partial charge in [-0.1, -0.05) is 64.5 Å². The van der Waals surface area contributed by atoms with Crippen molar-refractivity contribution < 1.29 is 4.42 Å². The molecule has 0 unspecified atom stereocenters. The number of aromatic amines is 1. The van der Waals surface area contributed by atoms with Crippen LogP contribution in [0.2, 0.25) is 0 Å². The van der Waals surface area contributed by atoms with Crippen LogP contribution in [0.25, 0.3) is 34.2 Å². The molecule has 0 fully saturated rings. The summed E-state index contributed by atoms with van der Waals surface area (Å²) in [5.41, 5.74) is 3.09. The largest absolute Gasteiger partial charge is 0.453 e. The van der Waals surface area contributed by atoms with Crippen molar-refractivity contribution in [2.45, 2.75) is 0 Å². The van der Waals surface area contributed by atoms with Gasteiger partial charge in [-0.2, -0.15) is 0 Å². The minimum Gasteiger partial charge on any atom is -0.453 e. The van der Waals surface area contributed by atoms with E-state index in [1.165, 1.54) is 0 Å². The highest BCUT2D eigenvalue weighted by Gasteiger charge is 2.12. The Morgan fingerprint density at radius 2 is 1.57 bits per heavy atom. The standard InChI is InChI=1S/C19H13BrN2O/c20-15-9-5-4-8-14(15)17-10-11-18(23-17)19-21-12-16(22-19)13-6-2-1-3-7-13/h1-12H,(H,21,22). The lowest BCUT2D eigenvalue weighted by atomic mass is 10.2. The van der Waals surface area contributed by atoms with Gasteiger partial charge in [-0.25, -0.2) is 4.98 Å². The van der Waals surface area contributed by atoms with Crippen molar-refractivity contribution in [1.82, 2.24) is 9.97 Å². The minimum atomic E-state index is 0.720. The molecule has 0 spiro atoms. The fourth-order valence-electron chi connectivity index (χ4n) is 2.48. The molecule has 0 atom stereocenters. The summed E-state index contributed by atoms with van der Waals surface area (Å²) in [6.07, 6.45) is 1.82. The summed E-state index contributed by atoms with van der Waals surface area (Å²) < 4.78 is 6.97. The summed E-state index contributed by atoms with van der Waals surface area (Å²) in [5.74, 6) is 2.25. The summed E-state index contributed by atoms with van der Waals surface area (Å²) in [4.78, 5) is 7.74. The number of aromatic nitrogens is 2. The molecular weight excluding hydrogens is 352 g/mol. The van der Waals surface area contributed by atoms with Gasteiger partial charge in [0.1, 0.15) is 5.76 Å². The second-order valence-electron chi connectivity index (χ2n) is 5.16. The van der Waals surface area contributed by atoms with Crippen LogP contribution in [-0.2, 0) is 0 Å². The van der Waals surface area contributed by atoms with Crippen molar-refractivity contribution in [3.05, 3.63) is 77.4 Å². The van der Waals surface area contributed by atoms with Crippen molar-refractivity contribution in [3.63, 3.8) is 0 Å². The van der Waals surface area contributed by atoms with Crippen molar-refractivity contribution in [2.24, 2.45) is 0 Å². The van der Waals surface area contributed by atoms with Crippen molar-refractivity contribution in [3.8, 4) is 34.2 Å². The van der Waals surface area contributed by atoms with E-state index in [1.807, 2.05) is 72.9 Å². The van der Waals surface area contributed by atoms with E-state index in [1.54, 1.807) is 0 Å². The van der Waals surface area contributed by atoms with Crippen molar-refractivity contribution in [2.75, 3.05) is 0 Å². The second-order valence-corrected chi connectivity index (χ2v) is 6.01. The van der Waals surface area contributed by atoms with E-state index in [4.69, 9.17) is 4.42 Å². The van der Waals surface area contributed by atoms with Gasteiger partial charge in [-0.15, -0.1) is 0 Å². The lowest BCUT2D eigenvalue weighted by Crippen LogP contribution is -1.78. The predicted molar refractivity (Wildman–Crippen MR) is 94.9 cm³/mol. The molecule has 23 heavy (non-hydrogen) atoms. The van der Waals surface area contributed by atoms with Gasteiger partial charge in [0.15, 0.2) is 11.6 Å². The summed E-state index contributed by atoms with van der Waals surface area (Å²) in [5, 5.41) is 0. The molecular formula is C19H13BrN2O. The Hall–Kier alpha value is -2.59. The zero-order valence-electron chi connectivity index (χ0n) is 12.2. The number of H-pyrrole nitrogens is 1. The molecule has 0 aliphatic heterocycles. The van der Waals surface area contributed by atoms with Gasteiger partial charge in [0.25, 0.3) is 0 Å². The van der Waals surface area contributed by atoms with E-state index in [2.05, 4.69) is 25.9 Å². The monoisotopic (exact) mass is 364 g/mol. The Morgan fingerprint density at radius 3 is 2.39 bits per heavy atom. The first kappa shape index (κ1) is 14.0. The Bertz CT molecular complexity index is 941. The van der Waals surface area contributed by atoms with Crippen LogP contribution in [-0.4, -0.2) is 9.97 Å². The molecule has 3 nitrogen and oxygen atoms in total. The van der Waals surface area contributed by atoms with Crippen LogP contribution in [0.1, 0.15) is 0 Å². The number of rotatable bonds is 3. The lowest BCUT2D eigenvalue weighted by molar-refractivity contribution is 0.592. The molecule has 0 saturated carbocycles. The molecule has 1 N–H and O–H groups in total. The number of benzene rings is 2. The van der Waals surface area contributed by atoms with Gasteiger partial charge in [-0.05, 0) is 23.8 Å². The van der Waals surface area contributed by atoms with E-state index in [-0.39, 0.29) is 0 Å². The van der Waals surface area contributed by atoms with Gasteiger partial charge in [-0.3, -0.25) is 0 Å². The lowest BCUT2D eigenvalue weighted by Gasteiger charge is -1.99. The summed E-state index contributed by atoms with van der Waals surface area (Å²) in [6, 6.07) is 22.0. The summed E-state index contributed by atoms with van der Waals surface area (Å²) in [7, 11) is 0. The number of hydrogen-bond donors (Lipinski definition) is 1. The smallest absolute Gasteiger partial charge is 0.174 e. The maximum absolute atomic E-state index is 5.96. The Morgan fingerprint density at radius 1 is 0.826 bits per heavy atom. The molecule has 2 heterocycles. The number of nitrogens with zero attached hydrogens (tertiary/aromatic N) is 1. The SMILES string of the molecule is Brc1ccccc1-c1ccc(-c2ncc(-c3ccccc3)[nH]2)o1. The van der Waals surface area contributed by atoms with E-state index >= 15 is 0 Å². The van der Waals surface area contributed by atoms with Crippen LogP contribution < -0.4 is 0 Å². The molecule has 4 aromatic rings. The maximum Gasteiger partial charge on any atom is 0.174 e. The first-order chi connectivity index (χ1) is 11.3. The maximum atomic E-state index is 5.96. The topological polar surface area (TPSA) is 41.8 Å². The third-order valence-corrected chi connectivity index (χ3v) is 4.33. The highest BCUT2D eigenvalue weighted by Crippen LogP contribution is 2.32. The quantitative estimate of drug-likeness (QED) is 0.501. The van der Waals surface area contributed by atoms with Gasteiger partial charge in [0, 0.05) is 10.0 Å². The van der Waals surface area contributed by atoms with Crippen LogP contribution in [0, 0.1) is 0 Å². The summed E-state index contributed by atoms with van der Waals surface area (Å²) >= 11 is 3.55. The van der Waals surface area contributed by atoms with E-state index in [0.29, 0.717) is 0 Å². The first-order valence-electron chi connectivity index (χ1n) is 7.27. The van der Waals surface area contributed by atoms with E-state index in [0.717, 1.165) is 38.6 Å². The average molecular weight is 365 g/mol. The van der Waals surface area contributed by atoms with Gasteiger partial charge in [0.05, 0.1) is 11.9 Å². The number of imidazole rings is 1. The molecule has 112 valence electrons. The average Bonchev–Trinajstić information content (AvgIpc) is 3.25. The molecule has 0 aliphatic rings. The van der Waals surface area contributed by atoms with E-state index in [9.17, 15) is 0 Å². The third kappa shape index (κ3) is 2.73. The van der Waals surface area contributed by atoms with Gasteiger partial charge in [0.2, 0.25) is 0 Å². The molecule has 2 aromatic heterocycles. The molecule has 0 aliphatic carbocycles. The zero-order chi connectivity index (χ0) is 15.6. The van der Waals surface area contributed by atoms with Crippen molar-refractivity contribution in [1.29, 1.82) is 0 Å². The number of hydrogen-bond acceptors (Lipinski definition) is 2. The van der Waals surface area contributed by atoms with Crippen LogP contribution in [0.5, 0.6) is 0 Å². The van der Waals surface area contributed by atoms with Gasteiger partial charge < -0.3 is 9.40 Å². The highest BCUT2D eigenvalue weighted by atomic mass is 79.9. The molecule has 0 bridgehead atoms. The van der Waals surface area contributed by atoms with Crippen LogP contribution in [0.15, 0.2) is 81.8 Å². The normalized spacial score (nSPS) is 10.8. The van der Waals surface area contributed by atoms with Crippen molar-refractivity contribution >= 4 is 15.9 Å². The van der Waals surface area contributed by atoms with Crippen LogP contribution in [0.4, 0.5) is 0 Å².